The highest BCUT2D eigenvalue weighted by molar-refractivity contribution is 7.78. The van der Waals surface area contributed by atoms with Crippen molar-refractivity contribution >= 4 is 23.7 Å². The third-order valence-corrected chi connectivity index (χ3v) is 0.310. The van der Waals surface area contributed by atoms with E-state index >= 15 is 0 Å². The molecule has 0 aromatic rings. The summed E-state index contributed by atoms with van der Waals surface area (Å²) in [6, 6.07) is 0. The van der Waals surface area contributed by atoms with Gasteiger partial charge in [-0.2, -0.15) is 0 Å². The number of carbonyl (C=O) groups excluding carboxylic acids is 1. The summed E-state index contributed by atoms with van der Waals surface area (Å²) in [7, 11) is 0. The van der Waals surface area contributed by atoms with Gasteiger partial charge in [0.05, 0.1) is 0 Å². The van der Waals surface area contributed by atoms with E-state index in [9.17, 15) is 4.79 Å². The zero-order valence-electron chi connectivity index (χ0n) is 3.30. The molecule has 0 aromatic carbocycles. The Balaban J connectivity index is 3.05. The summed E-state index contributed by atoms with van der Waals surface area (Å²) in [6.45, 7) is 1.29. The summed E-state index contributed by atoms with van der Waals surface area (Å²) in [4.78, 5) is 9.72. The average molecular weight is 104 g/mol. The van der Waals surface area contributed by atoms with Crippen LogP contribution in [0.25, 0.3) is 0 Å². The molecule has 0 spiro atoms. The summed E-state index contributed by atoms with van der Waals surface area (Å²) >= 11 is 4.16. The molecule has 0 aromatic heterocycles. The number of ether oxygens (including phenoxy) is 1. The molecular formula is C3H4O2S. The van der Waals surface area contributed by atoms with Crippen molar-refractivity contribution < 1.29 is 9.53 Å². The monoisotopic (exact) mass is 104 g/mol. The van der Waals surface area contributed by atoms with E-state index in [-0.39, 0.29) is 5.97 Å². The molecule has 0 N–H and O–H groups in total. The molecule has 0 atom stereocenters. The van der Waals surface area contributed by atoms with Gasteiger partial charge in [0.1, 0.15) is 0 Å². The van der Waals surface area contributed by atoms with E-state index < -0.39 is 0 Å². The molecule has 0 radical (unpaired) electrons. The van der Waals surface area contributed by atoms with Crippen molar-refractivity contribution in [3.8, 4) is 0 Å². The fourth-order valence-corrected chi connectivity index (χ4v) is 0.203. The van der Waals surface area contributed by atoms with Crippen molar-refractivity contribution in [2.24, 2.45) is 0 Å². The van der Waals surface area contributed by atoms with Gasteiger partial charge in [0, 0.05) is 6.92 Å². The number of thiocarbonyl (C=S) groups is 1. The van der Waals surface area contributed by atoms with Gasteiger partial charge in [0.25, 0.3) is 0 Å². The predicted octanol–water partition coefficient (Wildman–Crippen LogP) is 0.507. The Morgan fingerprint density at radius 2 is 2.50 bits per heavy atom. The fraction of sp³-hybridized carbons (Fsp3) is 0.333. The first-order chi connectivity index (χ1) is 2.77. The molecule has 0 amide bonds. The SMILES string of the molecule is CC(=O)OC=S. The van der Waals surface area contributed by atoms with E-state index in [1.165, 1.54) is 6.92 Å². The molecule has 0 aliphatic heterocycles. The number of esters is 1. The summed E-state index contributed by atoms with van der Waals surface area (Å²) in [6.07, 6.45) is 0. The third-order valence-electron chi connectivity index (χ3n) is 0.214. The van der Waals surface area contributed by atoms with Crippen LogP contribution in [0, 0.1) is 0 Å². The van der Waals surface area contributed by atoms with E-state index in [0.29, 0.717) is 0 Å². The van der Waals surface area contributed by atoms with E-state index in [1.807, 2.05) is 0 Å². The van der Waals surface area contributed by atoms with E-state index in [2.05, 4.69) is 17.0 Å². The van der Waals surface area contributed by atoms with Gasteiger partial charge in [-0.05, 0) is 12.2 Å². The Hall–Kier alpha value is -0.440. The lowest BCUT2D eigenvalue weighted by Crippen LogP contribution is -1.91. The minimum Gasteiger partial charge on any atom is -0.423 e. The van der Waals surface area contributed by atoms with Crippen molar-refractivity contribution in [1.82, 2.24) is 0 Å². The van der Waals surface area contributed by atoms with Crippen molar-refractivity contribution in [3.63, 3.8) is 0 Å². The molecule has 0 aliphatic carbocycles. The van der Waals surface area contributed by atoms with Gasteiger partial charge in [-0.3, -0.25) is 4.79 Å². The Morgan fingerprint density at radius 3 is 2.50 bits per heavy atom. The summed E-state index contributed by atoms with van der Waals surface area (Å²) < 4.78 is 4.09. The first kappa shape index (κ1) is 5.56. The van der Waals surface area contributed by atoms with Crippen LogP contribution in [0.4, 0.5) is 0 Å². The highest BCUT2D eigenvalue weighted by Crippen LogP contribution is 1.65. The largest absolute Gasteiger partial charge is 0.423 e. The molecule has 6 heavy (non-hydrogen) atoms. The van der Waals surface area contributed by atoms with Crippen LogP contribution >= 0.6 is 12.2 Å². The van der Waals surface area contributed by atoms with Gasteiger partial charge in [0.2, 0.25) is 0 Å². The van der Waals surface area contributed by atoms with E-state index in [1.54, 1.807) is 0 Å². The van der Waals surface area contributed by atoms with Crippen LogP contribution in [-0.2, 0) is 9.53 Å². The number of carbonyl (C=O) groups is 1. The molecule has 0 unspecified atom stereocenters. The van der Waals surface area contributed by atoms with E-state index in [4.69, 9.17) is 0 Å². The van der Waals surface area contributed by atoms with Crippen molar-refractivity contribution in [2.75, 3.05) is 0 Å². The smallest absolute Gasteiger partial charge is 0.308 e. The van der Waals surface area contributed by atoms with Gasteiger partial charge in [-0.1, -0.05) is 0 Å². The van der Waals surface area contributed by atoms with Crippen LogP contribution in [0.5, 0.6) is 0 Å². The van der Waals surface area contributed by atoms with Crippen LogP contribution in [0.3, 0.4) is 0 Å². The van der Waals surface area contributed by atoms with Gasteiger partial charge >= 0.3 is 5.97 Å². The van der Waals surface area contributed by atoms with Crippen LogP contribution in [-0.4, -0.2) is 11.5 Å². The molecule has 0 heterocycles. The van der Waals surface area contributed by atoms with Crippen molar-refractivity contribution in [1.29, 1.82) is 0 Å². The number of rotatable bonds is 1. The zero-order valence-corrected chi connectivity index (χ0v) is 4.12. The standard InChI is InChI=1S/C3H4O2S/c1-3(4)5-2-6/h2H,1H3. The lowest BCUT2D eigenvalue weighted by Gasteiger charge is -1.81. The second-order valence-electron chi connectivity index (χ2n) is 0.706. The molecular weight excluding hydrogens is 100 g/mol. The summed E-state index contributed by atoms with van der Waals surface area (Å²) in [5.41, 5.74) is 0.933. The Labute approximate surface area is 41.1 Å². The summed E-state index contributed by atoms with van der Waals surface area (Å²) in [5, 5.41) is 0. The van der Waals surface area contributed by atoms with Gasteiger partial charge < -0.3 is 4.74 Å². The molecule has 0 rings (SSSR count). The zero-order chi connectivity index (χ0) is 4.99. The highest BCUT2D eigenvalue weighted by atomic mass is 32.1. The normalized spacial score (nSPS) is 6.83. The minimum atomic E-state index is -0.370. The van der Waals surface area contributed by atoms with Crippen LogP contribution < -0.4 is 0 Å². The van der Waals surface area contributed by atoms with E-state index in [0.717, 1.165) is 5.55 Å². The molecule has 0 aliphatic rings. The molecule has 2 nitrogen and oxygen atoms in total. The molecule has 3 heteroatoms. The molecule has 0 bridgehead atoms. The molecule has 34 valence electrons. The average Bonchev–Trinajstić information content (AvgIpc) is 1.35. The first-order valence-corrected chi connectivity index (χ1v) is 1.85. The van der Waals surface area contributed by atoms with Gasteiger partial charge in [-0.25, -0.2) is 0 Å². The molecule has 0 fully saturated rings. The van der Waals surface area contributed by atoms with Crippen LogP contribution in [0.2, 0.25) is 0 Å². The van der Waals surface area contributed by atoms with Crippen LogP contribution in [0.1, 0.15) is 6.92 Å². The lowest BCUT2D eigenvalue weighted by atomic mass is 10.8. The summed E-state index contributed by atoms with van der Waals surface area (Å²) in [5.74, 6) is -0.370. The second-order valence-corrected chi connectivity index (χ2v) is 0.898. The second kappa shape index (κ2) is 2.78. The lowest BCUT2D eigenvalue weighted by molar-refractivity contribution is -0.132. The predicted molar refractivity (Wildman–Crippen MR) is 25.4 cm³/mol. The quantitative estimate of drug-likeness (QED) is 0.358. The van der Waals surface area contributed by atoms with Crippen molar-refractivity contribution in [2.45, 2.75) is 6.92 Å². The fourth-order valence-electron chi connectivity index (χ4n) is 0.0678. The maximum atomic E-state index is 9.72. The number of hydrogen-bond acceptors (Lipinski definition) is 3. The third kappa shape index (κ3) is 3.56. The van der Waals surface area contributed by atoms with Gasteiger partial charge in [0.15, 0.2) is 5.55 Å². The molecule has 0 saturated carbocycles. The van der Waals surface area contributed by atoms with Gasteiger partial charge in [-0.15, -0.1) is 0 Å². The topological polar surface area (TPSA) is 26.3 Å². The maximum absolute atomic E-state index is 9.72. The Morgan fingerprint density at radius 1 is 2.00 bits per heavy atom. The van der Waals surface area contributed by atoms with Crippen molar-refractivity contribution in [3.05, 3.63) is 0 Å². The first-order valence-electron chi connectivity index (χ1n) is 1.38. The number of hydrogen-bond donors (Lipinski definition) is 0. The Bertz CT molecular complexity index is 69.2. The molecule has 0 saturated heterocycles. The Kier molecular flexibility index (Phi) is 2.58. The minimum absolute atomic E-state index is 0.370. The maximum Gasteiger partial charge on any atom is 0.308 e. The highest BCUT2D eigenvalue weighted by Gasteiger charge is 1.80. The van der Waals surface area contributed by atoms with Crippen LogP contribution in [0.15, 0.2) is 0 Å².